The third-order valence-electron chi connectivity index (χ3n) is 2.09. The Morgan fingerprint density at radius 2 is 2.00 bits per heavy atom. The van der Waals surface area contributed by atoms with E-state index in [-0.39, 0.29) is 5.75 Å². The summed E-state index contributed by atoms with van der Waals surface area (Å²) >= 11 is 0. The van der Waals surface area contributed by atoms with E-state index in [4.69, 9.17) is 4.74 Å². The molecule has 0 spiro atoms. The predicted octanol–water partition coefficient (Wildman–Crippen LogP) is 3.21. The van der Waals surface area contributed by atoms with Crippen molar-refractivity contribution < 1.29 is 9.84 Å². The van der Waals surface area contributed by atoms with Gasteiger partial charge in [-0.25, -0.2) is 0 Å². The molecule has 0 saturated carbocycles. The Morgan fingerprint density at radius 1 is 1.18 bits per heavy atom. The van der Waals surface area contributed by atoms with Crippen LogP contribution in [-0.2, 0) is 0 Å². The topological polar surface area (TPSA) is 67.1 Å². The highest BCUT2D eigenvalue weighted by Crippen LogP contribution is 2.30. The second-order valence-electron chi connectivity index (χ2n) is 3.27. The first-order chi connectivity index (χ1) is 8.29. The quantitative estimate of drug-likeness (QED) is 0.821. The second kappa shape index (κ2) is 5.07. The minimum Gasteiger partial charge on any atom is -0.504 e. The van der Waals surface area contributed by atoms with Gasteiger partial charge in [0.25, 0.3) is 0 Å². The summed E-state index contributed by atoms with van der Waals surface area (Å²) in [6.45, 7) is 0. The van der Waals surface area contributed by atoms with Crippen molar-refractivity contribution in [3.8, 4) is 11.5 Å². The molecule has 0 aliphatic rings. The van der Waals surface area contributed by atoms with E-state index in [1.54, 1.807) is 36.7 Å². The summed E-state index contributed by atoms with van der Waals surface area (Å²) in [5.74, 6) is 0.445. The molecule has 86 valence electrons. The molecular formula is C12H11N3O2. The van der Waals surface area contributed by atoms with Crippen LogP contribution in [0, 0.1) is 0 Å². The fourth-order valence-electron chi connectivity index (χ4n) is 1.26. The molecule has 2 aromatic rings. The van der Waals surface area contributed by atoms with Crippen LogP contribution in [0.15, 0.2) is 53.0 Å². The molecule has 1 N–H and O–H groups in total. The normalized spacial score (nSPS) is 10.6. The number of nitrogens with zero attached hydrogens (tertiary/aromatic N) is 3. The largest absolute Gasteiger partial charge is 0.504 e. The molecule has 0 unspecified atom stereocenters. The van der Waals surface area contributed by atoms with Gasteiger partial charge in [-0.1, -0.05) is 0 Å². The van der Waals surface area contributed by atoms with Crippen LogP contribution in [0.1, 0.15) is 0 Å². The first-order valence-electron chi connectivity index (χ1n) is 4.98. The van der Waals surface area contributed by atoms with Gasteiger partial charge in [0.05, 0.1) is 19.0 Å². The van der Waals surface area contributed by atoms with E-state index in [9.17, 15) is 5.11 Å². The van der Waals surface area contributed by atoms with E-state index >= 15 is 0 Å². The number of phenolic OH excluding ortho intramolecular Hbond substituents is 1. The van der Waals surface area contributed by atoms with Crippen LogP contribution in [-0.4, -0.2) is 17.2 Å². The van der Waals surface area contributed by atoms with Crippen LogP contribution in [0.4, 0.5) is 11.4 Å². The number of hydrogen-bond acceptors (Lipinski definition) is 5. The lowest BCUT2D eigenvalue weighted by Crippen LogP contribution is -1.82. The SMILES string of the molecule is COc1cc(N=Nc2cccnc2)ccc1O. The highest BCUT2D eigenvalue weighted by molar-refractivity contribution is 5.50. The van der Waals surface area contributed by atoms with Crippen LogP contribution in [0.25, 0.3) is 0 Å². The van der Waals surface area contributed by atoms with E-state index in [1.807, 2.05) is 0 Å². The summed E-state index contributed by atoms with van der Waals surface area (Å²) in [7, 11) is 1.48. The average Bonchev–Trinajstić information content (AvgIpc) is 2.39. The van der Waals surface area contributed by atoms with Gasteiger partial charge in [-0.15, -0.1) is 5.11 Å². The smallest absolute Gasteiger partial charge is 0.162 e. The maximum Gasteiger partial charge on any atom is 0.162 e. The Balaban J connectivity index is 2.22. The van der Waals surface area contributed by atoms with Gasteiger partial charge in [0.1, 0.15) is 5.69 Å². The Labute approximate surface area is 98.4 Å². The Kier molecular flexibility index (Phi) is 3.30. The van der Waals surface area contributed by atoms with Gasteiger partial charge in [0, 0.05) is 12.3 Å². The van der Waals surface area contributed by atoms with Gasteiger partial charge >= 0.3 is 0 Å². The van der Waals surface area contributed by atoms with Gasteiger partial charge < -0.3 is 9.84 Å². The maximum absolute atomic E-state index is 9.41. The molecule has 17 heavy (non-hydrogen) atoms. The van der Waals surface area contributed by atoms with Crippen LogP contribution in [0.2, 0.25) is 0 Å². The number of methoxy groups -OCH3 is 1. The number of pyridine rings is 1. The summed E-state index contributed by atoms with van der Waals surface area (Å²) in [4.78, 5) is 3.93. The van der Waals surface area contributed by atoms with Crippen molar-refractivity contribution in [1.82, 2.24) is 4.98 Å². The molecule has 0 fully saturated rings. The molecule has 1 aromatic heterocycles. The maximum atomic E-state index is 9.41. The number of aromatic hydroxyl groups is 1. The van der Waals surface area contributed by atoms with E-state index in [0.717, 1.165) is 0 Å². The average molecular weight is 229 g/mol. The zero-order chi connectivity index (χ0) is 12.1. The summed E-state index contributed by atoms with van der Waals surface area (Å²) < 4.78 is 4.97. The third kappa shape index (κ3) is 2.78. The van der Waals surface area contributed by atoms with E-state index < -0.39 is 0 Å². The number of azo groups is 1. The molecule has 0 saturated heterocycles. The number of rotatable bonds is 3. The Morgan fingerprint density at radius 3 is 2.71 bits per heavy atom. The molecule has 0 atom stereocenters. The van der Waals surface area contributed by atoms with Crippen molar-refractivity contribution in [3.05, 3.63) is 42.7 Å². The number of aromatic nitrogens is 1. The van der Waals surface area contributed by atoms with Gasteiger partial charge in [-0.2, -0.15) is 5.11 Å². The van der Waals surface area contributed by atoms with Crippen molar-refractivity contribution in [2.75, 3.05) is 7.11 Å². The standard InChI is InChI=1S/C12H11N3O2/c1-17-12-7-9(4-5-11(12)16)14-15-10-3-2-6-13-8-10/h2-8,16H,1H3. The molecule has 0 amide bonds. The zero-order valence-corrected chi connectivity index (χ0v) is 9.24. The van der Waals surface area contributed by atoms with Crippen molar-refractivity contribution in [3.63, 3.8) is 0 Å². The molecule has 0 radical (unpaired) electrons. The lowest BCUT2D eigenvalue weighted by atomic mass is 10.3. The lowest BCUT2D eigenvalue weighted by molar-refractivity contribution is 0.373. The fraction of sp³-hybridized carbons (Fsp3) is 0.0833. The molecule has 0 bridgehead atoms. The van der Waals surface area contributed by atoms with Gasteiger partial charge in [-0.3, -0.25) is 4.98 Å². The van der Waals surface area contributed by atoms with Crippen LogP contribution < -0.4 is 4.74 Å². The molecule has 0 aliphatic heterocycles. The minimum atomic E-state index is 0.0767. The Bertz CT molecular complexity index is 527. The monoisotopic (exact) mass is 229 g/mol. The molecular weight excluding hydrogens is 218 g/mol. The molecule has 5 heteroatoms. The fourth-order valence-corrected chi connectivity index (χ4v) is 1.26. The van der Waals surface area contributed by atoms with Crippen molar-refractivity contribution >= 4 is 11.4 Å². The van der Waals surface area contributed by atoms with Gasteiger partial charge in [-0.05, 0) is 24.3 Å². The van der Waals surface area contributed by atoms with E-state index in [1.165, 1.54) is 13.2 Å². The Hall–Kier alpha value is -2.43. The summed E-state index contributed by atoms with van der Waals surface area (Å²) in [5, 5.41) is 17.4. The predicted molar refractivity (Wildman–Crippen MR) is 63.1 cm³/mol. The van der Waals surface area contributed by atoms with Crippen LogP contribution >= 0.6 is 0 Å². The lowest BCUT2D eigenvalue weighted by Gasteiger charge is -2.02. The third-order valence-corrected chi connectivity index (χ3v) is 2.09. The summed E-state index contributed by atoms with van der Waals surface area (Å²) in [5.41, 5.74) is 1.27. The van der Waals surface area contributed by atoms with E-state index in [0.29, 0.717) is 17.1 Å². The molecule has 5 nitrogen and oxygen atoms in total. The second-order valence-corrected chi connectivity index (χ2v) is 3.27. The minimum absolute atomic E-state index is 0.0767. The summed E-state index contributed by atoms with van der Waals surface area (Å²) in [6.07, 6.45) is 3.28. The molecule has 0 aliphatic carbocycles. The van der Waals surface area contributed by atoms with Gasteiger partial charge in [0.15, 0.2) is 11.5 Å². The van der Waals surface area contributed by atoms with Crippen LogP contribution in [0.5, 0.6) is 11.5 Å². The zero-order valence-electron chi connectivity index (χ0n) is 9.24. The number of ether oxygens (including phenoxy) is 1. The first kappa shape index (κ1) is 11.1. The first-order valence-corrected chi connectivity index (χ1v) is 4.98. The number of benzene rings is 1. The molecule has 2 rings (SSSR count). The highest BCUT2D eigenvalue weighted by Gasteiger charge is 2.01. The number of phenols is 1. The molecule has 1 aromatic carbocycles. The highest BCUT2D eigenvalue weighted by atomic mass is 16.5. The number of hydrogen-bond donors (Lipinski definition) is 1. The van der Waals surface area contributed by atoms with E-state index in [2.05, 4.69) is 15.2 Å². The van der Waals surface area contributed by atoms with Crippen LogP contribution in [0.3, 0.4) is 0 Å². The van der Waals surface area contributed by atoms with Crippen molar-refractivity contribution in [1.29, 1.82) is 0 Å². The van der Waals surface area contributed by atoms with Gasteiger partial charge in [0.2, 0.25) is 0 Å². The summed E-state index contributed by atoms with van der Waals surface area (Å²) in [6, 6.07) is 8.35. The van der Waals surface area contributed by atoms with Crippen molar-refractivity contribution in [2.24, 2.45) is 10.2 Å². The molecule has 1 heterocycles. The van der Waals surface area contributed by atoms with Crippen molar-refractivity contribution in [2.45, 2.75) is 0 Å².